The topological polar surface area (TPSA) is 109 Å². The van der Waals surface area contributed by atoms with Crippen molar-refractivity contribution in [1.82, 2.24) is 4.31 Å². The number of para-hydroxylation sites is 1. The molecule has 2 aliphatic heterocycles. The van der Waals surface area contributed by atoms with Crippen molar-refractivity contribution < 1.29 is 23.1 Å². The summed E-state index contributed by atoms with van der Waals surface area (Å²) >= 11 is 0. The molecule has 0 saturated carbocycles. The van der Waals surface area contributed by atoms with Crippen molar-refractivity contribution in [2.75, 3.05) is 19.7 Å². The zero-order valence-corrected chi connectivity index (χ0v) is 20.5. The number of carboxylic acid groups (broad SMARTS) is 1. The van der Waals surface area contributed by atoms with Crippen molar-refractivity contribution >= 4 is 33.6 Å². The fraction of sp³-hybridized carbons (Fsp3) is 0.400. The predicted molar refractivity (Wildman–Crippen MR) is 131 cm³/mol. The fourth-order valence-electron chi connectivity index (χ4n) is 4.33. The molecule has 34 heavy (non-hydrogen) atoms. The lowest BCUT2D eigenvalue weighted by atomic mass is 9.81. The lowest BCUT2D eigenvalue weighted by Crippen LogP contribution is -2.42. The molecule has 0 aromatic heterocycles. The van der Waals surface area contributed by atoms with Gasteiger partial charge in [-0.15, -0.1) is 0 Å². The Morgan fingerprint density at radius 3 is 2.53 bits per heavy atom. The highest BCUT2D eigenvalue weighted by Crippen LogP contribution is 2.40. The number of aliphatic carboxylic acids is 1. The number of fused-ring (bicyclic) bond motifs is 1. The number of hydrogen-bond acceptors (Lipinski definition) is 6. The van der Waals surface area contributed by atoms with Crippen LogP contribution in [-0.2, 0) is 14.8 Å². The van der Waals surface area contributed by atoms with E-state index in [1.54, 1.807) is 32.2 Å². The van der Waals surface area contributed by atoms with E-state index in [0.29, 0.717) is 29.3 Å². The zero-order chi connectivity index (χ0) is 24.7. The van der Waals surface area contributed by atoms with Gasteiger partial charge in [0.2, 0.25) is 10.0 Å². The Morgan fingerprint density at radius 1 is 1.21 bits per heavy atom. The van der Waals surface area contributed by atoms with Crippen molar-refractivity contribution in [1.29, 1.82) is 0 Å². The lowest BCUT2D eigenvalue weighted by molar-refractivity contribution is -0.143. The van der Waals surface area contributed by atoms with E-state index in [2.05, 4.69) is 4.99 Å². The molecular formula is C25H29N3O5S. The largest absolute Gasteiger partial charge is 0.494 e. The summed E-state index contributed by atoms with van der Waals surface area (Å²) in [5.41, 5.74) is -0.632. The molecule has 2 atom stereocenters. The van der Waals surface area contributed by atoms with Gasteiger partial charge in [-0.2, -0.15) is 4.31 Å². The number of aliphatic imine (C=N–C) groups is 2. The van der Waals surface area contributed by atoms with Crippen LogP contribution in [0.2, 0.25) is 0 Å². The van der Waals surface area contributed by atoms with Crippen LogP contribution < -0.4 is 4.74 Å². The molecule has 1 spiro atoms. The Balaban J connectivity index is 1.76. The minimum Gasteiger partial charge on any atom is -0.494 e. The Bertz CT molecular complexity index is 1270. The van der Waals surface area contributed by atoms with Crippen LogP contribution in [0.1, 0.15) is 33.3 Å². The Kier molecular flexibility index (Phi) is 6.12. The Morgan fingerprint density at radius 2 is 1.88 bits per heavy atom. The van der Waals surface area contributed by atoms with Crippen molar-refractivity contribution in [2.24, 2.45) is 21.3 Å². The highest BCUT2D eigenvalue weighted by molar-refractivity contribution is 7.89. The van der Waals surface area contributed by atoms with Gasteiger partial charge in [0.1, 0.15) is 16.7 Å². The number of hydrogen-bond donors (Lipinski definition) is 1. The molecule has 1 fully saturated rings. The highest BCUT2D eigenvalue weighted by Gasteiger charge is 2.50. The number of carbonyl (C=O) groups is 1. The van der Waals surface area contributed by atoms with Crippen LogP contribution in [0.4, 0.5) is 5.69 Å². The van der Waals surface area contributed by atoms with Crippen molar-refractivity contribution in [3.05, 3.63) is 54.1 Å². The average molecular weight is 484 g/mol. The van der Waals surface area contributed by atoms with Gasteiger partial charge in [0, 0.05) is 30.8 Å². The number of rotatable bonds is 6. The minimum absolute atomic E-state index is 0.0698. The van der Waals surface area contributed by atoms with E-state index in [0.717, 1.165) is 0 Å². The Hall–Kier alpha value is -3.04. The second-order valence-electron chi connectivity index (χ2n) is 9.26. The molecule has 0 radical (unpaired) electrons. The summed E-state index contributed by atoms with van der Waals surface area (Å²) in [6.45, 7) is 7.80. The third kappa shape index (κ3) is 4.03. The van der Waals surface area contributed by atoms with E-state index >= 15 is 0 Å². The van der Waals surface area contributed by atoms with Gasteiger partial charge in [0.15, 0.2) is 0 Å². The third-order valence-corrected chi connectivity index (χ3v) is 8.39. The quantitative estimate of drug-likeness (QED) is 0.673. The molecule has 1 saturated heterocycles. The first-order valence-electron chi connectivity index (χ1n) is 11.2. The molecule has 0 aliphatic carbocycles. The van der Waals surface area contributed by atoms with Gasteiger partial charge in [-0.25, -0.2) is 8.42 Å². The third-order valence-electron chi connectivity index (χ3n) is 6.57. The molecular weight excluding hydrogens is 454 g/mol. The van der Waals surface area contributed by atoms with Crippen molar-refractivity contribution in [3.8, 4) is 5.75 Å². The van der Waals surface area contributed by atoms with Crippen LogP contribution >= 0.6 is 0 Å². The molecule has 2 aliphatic rings. The number of ether oxygens (including phenoxy) is 1. The molecule has 2 aromatic rings. The molecule has 0 bridgehead atoms. The van der Waals surface area contributed by atoms with Gasteiger partial charge in [0.05, 0.1) is 22.9 Å². The second-order valence-corrected chi connectivity index (χ2v) is 11.2. The lowest BCUT2D eigenvalue weighted by Gasteiger charge is -2.29. The standard InChI is InChI=1S/C25H29N3O5S/c1-5-33-18-10-12-19(13-11-18)34(31,32)28-14-17(2)25(16-28)15-26-21-9-7-6-8-20(21)22(27-25)24(3,4)23(29)30/h6-13,15,17H,5,14,16H2,1-4H3,(H,29,30)/t17-,25?/m1/s1. The van der Waals surface area contributed by atoms with E-state index in [1.165, 1.54) is 16.4 Å². The molecule has 9 heteroatoms. The molecule has 2 aromatic carbocycles. The molecule has 8 nitrogen and oxygen atoms in total. The summed E-state index contributed by atoms with van der Waals surface area (Å²) in [5, 5.41) is 9.96. The fourth-order valence-corrected chi connectivity index (χ4v) is 5.90. The summed E-state index contributed by atoms with van der Waals surface area (Å²) in [4.78, 5) is 22.0. The van der Waals surface area contributed by atoms with Crippen LogP contribution in [0.15, 0.2) is 63.4 Å². The molecule has 4 rings (SSSR count). The smallest absolute Gasteiger partial charge is 0.315 e. The van der Waals surface area contributed by atoms with E-state index < -0.39 is 26.9 Å². The Labute approximate surface area is 200 Å². The number of sulfonamides is 1. The number of carboxylic acids is 1. The van der Waals surface area contributed by atoms with Gasteiger partial charge in [0.25, 0.3) is 0 Å². The minimum atomic E-state index is -3.80. The van der Waals surface area contributed by atoms with Crippen LogP contribution in [0.5, 0.6) is 5.75 Å². The van der Waals surface area contributed by atoms with Crippen molar-refractivity contribution in [3.63, 3.8) is 0 Å². The zero-order valence-electron chi connectivity index (χ0n) is 19.7. The van der Waals surface area contributed by atoms with Gasteiger partial charge in [-0.1, -0.05) is 25.1 Å². The first kappa shape index (κ1) is 24.1. The van der Waals surface area contributed by atoms with Crippen molar-refractivity contribution in [2.45, 2.75) is 38.1 Å². The maximum atomic E-state index is 13.5. The number of nitrogens with zero attached hydrogens (tertiary/aromatic N) is 3. The van der Waals surface area contributed by atoms with E-state index in [4.69, 9.17) is 9.73 Å². The van der Waals surface area contributed by atoms with Crippen LogP contribution in [-0.4, -0.2) is 61.0 Å². The summed E-state index contributed by atoms with van der Waals surface area (Å²) in [7, 11) is -3.80. The van der Waals surface area contributed by atoms with E-state index in [9.17, 15) is 18.3 Å². The summed E-state index contributed by atoms with van der Waals surface area (Å²) < 4.78 is 33.8. The highest BCUT2D eigenvalue weighted by atomic mass is 32.2. The predicted octanol–water partition coefficient (Wildman–Crippen LogP) is 3.78. The monoisotopic (exact) mass is 483 g/mol. The van der Waals surface area contributed by atoms with Crippen LogP contribution in [0.25, 0.3) is 0 Å². The SMILES string of the molecule is CCOc1ccc(S(=O)(=O)N2C[C@@H](C)C3(C=Nc4ccccc4C(C(C)(C)C(=O)O)=N3)C2)cc1. The molecule has 180 valence electrons. The second kappa shape index (κ2) is 8.63. The normalized spacial score (nSPS) is 22.8. The maximum absolute atomic E-state index is 13.5. The van der Waals surface area contributed by atoms with Crippen LogP contribution in [0, 0.1) is 11.3 Å². The van der Waals surface area contributed by atoms with Gasteiger partial charge >= 0.3 is 5.97 Å². The summed E-state index contributed by atoms with van der Waals surface area (Å²) in [5.74, 6) is -0.628. The first-order chi connectivity index (χ1) is 16.0. The van der Waals surface area contributed by atoms with Crippen LogP contribution in [0.3, 0.4) is 0 Å². The number of benzene rings is 2. The van der Waals surface area contributed by atoms with Gasteiger partial charge in [-0.3, -0.25) is 14.8 Å². The first-order valence-corrected chi connectivity index (χ1v) is 12.7. The van der Waals surface area contributed by atoms with E-state index in [-0.39, 0.29) is 23.9 Å². The average Bonchev–Trinajstić information content (AvgIpc) is 3.03. The molecule has 1 unspecified atom stereocenters. The summed E-state index contributed by atoms with van der Waals surface area (Å²) in [6, 6.07) is 13.6. The molecule has 1 N–H and O–H groups in total. The van der Waals surface area contributed by atoms with E-state index in [1.807, 2.05) is 38.1 Å². The molecule has 2 heterocycles. The van der Waals surface area contributed by atoms with Gasteiger partial charge in [-0.05, 0) is 51.1 Å². The molecule has 0 amide bonds. The maximum Gasteiger partial charge on any atom is 0.315 e. The summed E-state index contributed by atoms with van der Waals surface area (Å²) in [6.07, 6.45) is 1.69. The van der Waals surface area contributed by atoms with Gasteiger partial charge < -0.3 is 9.84 Å².